The molecule has 4 heteroatoms. The lowest BCUT2D eigenvalue weighted by atomic mass is 10.2. The van der Waals surface area contributed by atoms with E-state index in [9.17, 15) is 0 Å². The van der Waals surface area contributed by atoms with Crippen molar-refractivity contribution in [3.05, 3.63) is 48.2 Å². The molecule has 0 amide bonds. The summed E-state index contributed by atoms with van der Waals surface area (Å²) in [5.41, 5.74) is 7.84. The molecule has 1 aromatic carbocycles. The highest BCUT2D eigenvalue weighted by Gasteiger charge is 2.30. The third-order valence-electron chi connectivity index (χ3n) is 3.14. The van der Waals surface area contributed by atoms with Crippen molar-refractivity contribution >= 4 is 11.5 Å². The van der Waals surface area contributed by atoms with Crippen LogP contribution in [0, 0.1) is 0 Å². The number of nitrogens with zero attached hydrogens (tertiary/aromatic N) is 3. The van der Waals surface area contributed by atoms with Gasteiger partial charge in [0, 0.05) is 24.5 Å². The second-order valence-electron chi connectivity index (χ2n) is 4.69. The molecular formula is C14H16N4. The van der Waals surface area contributed by atoms with Crippen molar-refractivity contribution in [3.8, 4) is 0 Å². The molecule has 18 heavy (non-hydrogen) atoms. The molecule has 0 atom stereocenters. The van der Waals surface area contributed by atoms with Gasteiger partial charge in [-0.15, -0.1) is 5.10 Å². The topological polar surface area (TPSA) is 55.0 Å². The van der Waals surface area contributed by atoms with Crippen molar-refractivity contribution in [1.29, 1.82) is 0 Å². The Bertz CT molecular complexity index is 522. The Hall–Kier alpha value is -2.10. The molecule has 1 heterocycles. The Kier molecular flexibility index (Phi) is 2.84. The summed E-state index contributed by atoms with van der Waals surface area (Å²) in [4.78, 5) is 2.31. The van der Waals surface area contributed by atoms with E-state index in [1.807, 2.05) is 30.3 Å². The van der Waals surface area contributed by atoms with Gasteiger partial charge in [-0.05, 0) is 42.7 Å². The van der Waals surface area contributed by atoms with Crippen LogP contribution in [-0.4, -0.2) is 16.2 Å². The number of anilines is 2. The van der Waals surface area contributed by atoms with E-state index in [1.54, 1.807) is 6.20 Å². The van der Waals surface area contributed by atoms with E-state index in [1.165, 1.54) is 18.4 Å². The summed E-state index contributed by atoms with van der Waals surface area (Å²) >= 11 is 0. The van der Waals surface area contributed by atoms with E-state index in [2.05, 4.69) is 21.2 Å². The van der Waals surface area contributed by atoms with Crippen LogP contribution in [0.1, 0.15) is 18.4 Å². The predicted molar refractivity (Wildman–Crippen MR) is 72.1 cm³/mol. The number of aromatic nitrogens is 2. The van der Waals surface area contributed by atoms with Crippen LogP contribution in [0.4, 0.5) is 11.5 Å². The maximum absolute atomic E-state index is 5.82. The molecule has 0 aliphatic heterocycles. The van der Waals surface area contributed by atoms with Crippen LogP contribution in [0.25, 0.3) is 0 Å². The van der Waals surface area contributed by atoms with Gasteiger partial charge in [0.2, 0.25) is 0 Å². The summed E-state index contributed by atoms with van der Waals surface area (Å²) in [6, 6.07) is 12.6. The highest BCUT2D eigenvalue weighted by atomic mass is 15.3. The molecule has 0 radical (unpaired) electrons. The van der Waals surface area contributed by atoms with E-state index in [0.29, 0.717) is 6.04 Å². The highest BCUT2D eigenvalue weighted by molar-refractivity contribution is 5.45. The predicted octanol–water partition coefficient (Wildman–Crippen LogP) is 2.23. The second-order valence-corrected chi connectivity index (χ2v) is 4.69. The molecular weight excluding hydrogens is 224 g/mol. The van der Waals surface area contributed by atoms with E-state index in [0.717, 1.165) is 18.1 Å². The zero-order chi connectivity index (χ0) is 12.4. The Morgan fingerprint density at radius 3 is 2.78 bits per heavy atom. The highest BCUT2D eigenvalue weighted by Crippen LogP contribution is 2.31. The van der Waals surface area contributed by atoms with Gasteiger partial charge in [0.25, 0.3) is 0 Å². The molecule has 1 aliphatic rings. The van der Waals surface area contributed by atoms with E-state index < -0.39 is 0 Å². The molecule has 1 fully saturated rings. The lowest BCUT2D eigenvalue weighted by molar-refractivity contribution is 0.764. The van der Waals surface area contributed by atoms with Gasteiger partial charge in [0.05, 0.1) is 0 Å². The second kappa shape index (κ2) is 4.64. The van der Waals surface area contributed by atoms with Crippen LogP contribution >= 0.6 is 0 Å². The normalized spacial score (nSPS) is 14.4. The molecule has 1 aliphatic carbocycles. The minimum Gasteiger partial charge on any atom is -0.399 e. The maximum Gasteiger partial charge on any atom is 0.151 e. The van der Waals surface area contributed by atoms with Crippen LogP contribution in [0.5, 0.6) is 0 Å². The van der Waals surface area contributed by atoms with Gasteiger partial charge >= 0.3 is 0 Å². The van der Waals surface area contributed by atoms with Crippen LogP contribution in [0.2, 0.25) is 0 Å². The first-order valence-corrected chi connectivity index (χ1v) is 6.22. The minimum atomic E-state index is 0.600. The molecule has 0 saturated heterocycles. The van der Waals surface area contributed by atoms with Gasteiger partial charge in [-0.1, -0.05) is 12.1 Å². The number of hydrogen-bond acceptors (Lipinski definition) is 4. The molecule has 0 spiro atoms. The Labute approximate surface area is 106 Å². The molecule has 3 rings (SSSR count). The fourth-order valence-electron chi connectivity index (χ4n) is 2.12. The van der Waals surface area contributed by atoms with Crippen molar-refractivity contribution < 1.29 is 0 Å². The monoisotopic (exact) mass is 240 g/mol. The molecule has 0 bridgehead atoms. The molecule has 1 saturated carbocycles. The van der Waals surface area contributed by atoms with Gasteiger partial charge in [-0.25, -0.2) is 0 Å². The summed E-state index contributed by atoms with van der Waals surface area (Å²) in [5, 5.41) is 8.16. The summed E-state index contributed by atoms with van der Waals surface area (Å²) in [6.45, 7) is 0.842. The van der Waals surface area contributed by atoms with Crippen LogP contribution in [-0.2, 0) is 6.54 Å². The number of rotatable bonds is 4. The molecule has 2 N–H and O–H groups in total. The average molecular weight is 240 g/mol. The lowest BCUT2D eigenvalue weighted by Gasteiger charge is -2.23. The third-order valence-corrected chi connectivity index (χ3v) is 3.14. The zero-order valence-corrected chi connectivity index (χ0v) is 10.2. The molecule has 92 valence electrons. The van der Waals surface area contributed by atoms with E-state index in [4.69, 9.17) is 5.73 Å². The summed E-state index contributed by atoms with van der Waals surface area (Å²) < 4.78 is 0. The summed E-state index contributed by atoms with van der Waals surface area (Å²) in [5.74, 6) is 0.947. The molecule has 4 nitrogen and oxygen atoms in total. The Morgan fingerprint density at radius 1 is 1.22 bits per heavy atom. The number of nitrogens with two attached hydrogens (primary N) is 1. The lowest BCUT2D eigenvalue weighted by Crippen LogP contribution is -2.26. The number of nitrogen functional groups attached to an aromatic ring is 1. The maximum atomic E-state index is 5.82. The van der Waals surface area contributed by atoms with Crippen LogP contribution in [0.15, 0.2) is 42.6 Å². The quantitative estimate of drug-likeness (QED) is 0.833. The Morgan fingerprint density at radius 2 is 2.11 bits per heavy atom. The largest absolute Gasteiger partial charge is 0.399 e. The summed E-state index contributed by atoms with van der Waals surface area (Å²) in [7, 11) is 0. The van der Waals surface area contributed by atoms with Crippen molar-refractivity contribution in [1.82, 2.24) is 10.2 Å². The minimum absolute atomic E-state index is 0.600. The van der Waals surface area contributed by atoms with E-state index in [-0.39, 0.29) is 0 Å². The van der Waals surface area contributed by atoms with E-state index >= 15 is 0 Å². The number of hydrogen-bond donors (Lipinski definition) is 1. The first-order chi connectivity index (χ1) is 8.83. The smallest absolute Gasteiger partial charge is 0.151 e. The van der Waals surface area contributed by atoms with Gasteiger partial charge < -0.3 is 10.6 Å². The zero-order valence-electron chi connectivity index (χ0n) is 10.2. The molecule has 1 aromatic heterocycles. The van der Waals surface area contributed by atoms with Gasteiger partial charge in [-0.3, -0.25) is 0 Å². The summed E-state index contributed by atoms with van der Waals surface area (Å²) in [6.07, 6.45) is 4.17. The number of benzene rings is 1. The average Bonchev–Trinajstić information content (AvgIpc) is 3.21. The van der Waals surface area contributed by atoms with Crippen molar-refractivity contribution in [3.63, 3.8) is 0 Å². The standard InChI is InChI=1S/C14H16N4/c15-12-4-1-3-11(9-12)10-18(13-6-7-13)14-5-2-8-16-17-14/h1-5,8-9,13H,6-7,10,15H2. The van der Waals surface area contributed by atoms with Gasteiger partial charge in [-0.2, -0.15) is 5.10 Å². The Balaban J connectivity index is 1.83. The van der Waals surface area contributed by atoms with Gasteiger partial charge in [0.15, 0.2) is 5.82 Å². The fourth-order valence-corrected chi connectivity index (χ4v) is 2.12. The van der Waals surface area contributed by atoms with Crippen molar-refractivity contribution in [2.24, 2.45) is 0 Å². The molecule has 2 aromatic rings. The van der Waals surface area contributed by atoms with Crippen molar-refractivity contribution in [2.45, 2.75) is 25.4 Å². The van der Waals surface area contributed by atoms with Crippen LogP contribution in [0.3, 0.4) is 0 Å². The van der Waals surface area contributed by atoms with Crippen LogP contribution < -0.4 is 10.6 Å². The van der Waals surface area contributed by atoms with Gasteiger partial charge in [0.1, 0.15) is 0 Å². The SMILES string of the molecule is Nc1cccc(CN(c2cccnn2)C2CC2)c1. The molecule has 0 unspecified atom stereocenters. The van der Waals surface area contributed by atoms with Crippen molar-refractivity contribution in [2.75, 3.05) is 10.6 Å². The first-order valence-electron chi connectivity index (χ1n) is 6.22. The first kappa shape index (κ1) is 11.0. The third kappa shape index (κ3) is 2.42. The fraction of sp³-hybridized carbons (Fsp3) is 0.286.